The van der Waals surface area contributed by atoms with E-state index in [1.54, 1.807) is 6.07 Å². The highest BCUT2D eigenvalue weighted by molar-refractivity contribution is 6.33. The van der Waals surface area contributed by atoms with Gasteiger partial charge < -0.3 is 15.4 Å². The van der Waals surface area contributed by atoms with Gasteiger partial charge in [-0.05, 0) is 55.3 Å². The lowest BCUT2D eigenvalue weighted by atomic mass is 10.1. The summed E-state index contributed by atoms with van der Waals surface area (Å²) in [4.78, 5) is 12.2. The van der Waals surface area contributed by atoms with Gasteiger partial charge in [-0.1, -0.05) is 59.1 Å². The van der Waals surface area contributed by atoms with Crippen molar-refractivity contribution in [2.75, 3.05) is 17.2 Å². The molecule has 1 amide bonds. The van der Waals surface area contributed by atoms with Gasteiger partial charge in [-0.25, -0.2) is 0 Å². The topological polar surface area (TPSA) is 50.4 Å². The fourth-order valence-electron chi connectivity index (χ4n) is 2.86. The molecule has 29 heavy (non-hydrogen) atoms. The van der Waals surface area contributed by atoms with Gasteiger partial charge in [0.2, 0.25) is 0 Å². The number of hydrogen-bond acceptors (Lipinski definition) is 3. The first-order valence-corrected chi connectivity index (χ1v) is 9.94. The zero-order valence-corrected chi connectivity index (χ0v) is 17.8. The second-order valence-electron chi connectivity index (χ2n) is 6.75. The number of benzene rings is 3. The number of halogens is 2. The third-order valence-electron chi connectivity index (χ3n) is 4.37. The number of aryl methyl sites for hydroxylation is 2. The molecule has 3 rings (SSSR count). The van der Waals surface area contributed by atoms with Crippen LogP contribution in [-0.2, 0) is 11.3 Å². The highest BCUT2D eigenvalue weighted by Gasteiger charge is 2.09. The van der Waals surface area contributed by atoms with Gasteiger partial charge >= 0.3 is 0 Å². The summed E-state index contributed by atoms with van der Waals surface area (Å²) >= 11 is 12.5. The van der Waals surface area contributed by atoms with Crippen LogP contribution in [0.15, 0.2) is 60.7 Å². The van der Waals surface area contributed by atoms with E-state index in [4.69, 9.17) is 27.9 Å². The SMILES string of the molecule is Cc1ccc(NC(=O)COc2ccc(CNc3ccccc3Cl)cc2Cl)c(C)c1. The summed E-state index contributed by atoms with van der Waals surface area (Å²) in [6.45, 7) is 4.41. The van der Waals surface area contributed by atoms with E-state index >= 15 is 0 Å². The minimum absolute atomic E-state index is 0.121. The number of carbonyl (C=O) groups excluding carboxylic acids is 1. The Balaban J connectivity index is 1.55. The molecule has 0 saturated carbocycles. The van der Waals surface area contributed by atoms with E-state index in [0.29, 0.717) is 22.3 Å². The lowest BCUT2D eigenvalue weighted by Crippen LogP contribution is -2.20. The molecule has 150 valence electrons. The normalized spacial score (nSPS) is 10.5. The molecule has 4 nitrogen and oxygen atoms in total. The van der Waals surface area contributed by atoms with Crippen LogP contribution in [0.25, 0.3) is 0 Å². The number of ether oxygens (including phenoxy) is 1. The Bertz CT molecular complexity index is 1020. The zero-order chi connectivity index (χ0) is 20.8. The van der Waals surface area contributed by atoms with Crippen LogP contribution < -0.4 is 15.4 Å². The molecule has 0 heterocycles. The molecule has 0 atom stereocenters. The Morgan fingerprint density at radius 2 is 1.72 bits per heavy atom. The van der Waals surface area contributed by atoms with Gasteiger partial charge in [-0.3, -0.25) is 4.79 Å². The van der Waals surface area contributed by atoms with Gasteiger partial charge in [0.25, 0.3) is 5.91 Å². The average molecular weight is 429 g/mol. The predicted molar refractivity (Wildman–Crippen MR) is 120 cm³/mol. The summed E-state index contributed by atoms with van der Waals surface area (Å²) in [5.41, 5.74) is 4.76. The summed E-state index contributed by atoms with van der Waals surface area (Å²) in [5.74, 6) is 0.224. The summed E-state index contributed by atoms with van der Waals surface area (Å²) in [5, 5.41) is 7.23. The number of rotatable bonds is 7. The standard InChI is InChI=1S/C23H22Cl2N2O2/c1-15-7-9-20(16(2)11-15)27-23(28)14-29-22-10-8-17(12-19(22)25)13-26-21-6-4-3-5-18(21)24/h3-12,26H,13-14H2,1-2H3,(H,27,28). The maximum Gasteiger partial charge on any atom is 0.262 e. The van der Waals surface area contributed by atoms with Crippen molar-refractivity contribution in [3.05, 3.63) is 87.4 Å². The minimum atomic E-state index is -0.238. The molecule has 0 aliphatic rings. The van der Waals surface area contributed by atoms with E-state index in [1.165, 1.54) is 0 Å². The second kappa shape index (κ2) is 9.68. The lowest BCUT2D eigenvalue weighted by Gasteiger charge is -2.12. The molecule has 0 aliphatic heterocycles. The summed E-state index contributed by atoms with van der Waals surface area (Å²) < 4.78 is 5.59. The molecule has 2 N–H and O–H groups in total. The molecule has 0 bridgehead atoms. The molecule has 3 aromatic carbocycles. The number of hydrogen-bond donors (Lipinski definition) is 2. The number of nitrogens with one attached hydrogen (secondary N) is 2. The Morgan fingerprint density at radius 3 is 2.45 bits per heavy atom. The molecular weight excluding hydrogens is 407 g/mol. The maximum atomic E-state index is 12.2. The minimum Gasteiger partial charge on any atom is -0.482 e. The van der Waals surface area contributed by atoms with Gasteiger partial charge in [-0.2, -0.15) is 0 Å². The Labute approximate surface area is 180 Å². The fraction of sp³-hybridized carbons (Fsp3) is 0.174. The van der Waals surface area contributed by atoms with Crippen molar-refractivity contribution in [3.63, 3.8) is 0 Å². The van der Waals surface area contributed by atoms with Crippen LogP contribution in [0.3, 0.4) is 0 Å². The first-order chi connectivity index (χ1) is 13.9. The van der Waals surface area contributed by atoms with Crippen molar-refractivity contribution < 1.29 is 9.53 Å². The second-order valence-corrected chi connectivity index (χ2v) is 7.57. The third kappa shape index (κ3) is 5.89. The first kappa shape index (κ1) is 21.0. The lowest BCUT2D eigenvalue weighted by molar-refractivity contribution is -0.118. The van der Waals surface area contributed by atoms with Crippen LogP contribution in [0.4, 0.5) is 11.4 Å². The molecule has 0 saturated heterocycles. The zero-order valence-electron chi connectivity index (χ0n) is 16.3. The average Bonchev–Trinajstić information content (AvgIpc) is 2.69. The number of para-hydroxylation sites is 1. The van der Waals surface area contributed by atoms with E-state index in [-0.39, 0.29) is 12.5 Å². The van der Waals surface area contributed by atoms with E-state index < -0.39 is 0 Å². The van der Waals surface area contributed by atoms with Gasteiger partial charge in [0.15, 0.2) is 6.61 Å². The molecule has 0 spiro atoms. The van der Waals surface area contributed by atoms with Gasteiger partial charge in [0.05, 0.1) is 15.7 Å². The van der Waals surface area contributed by atoms with Crippen LogP contribution in [0, 0.1) is 13.8 Å². The molecule has 0 fully saturated rings. The molecule has 0 radical (unpaired) electrons. The van der Waals surface area contributed by atoms with Gasteiger partial charge in [-0.15, -0.1) is 0 Å². The Kier molecular flexibility index (Phi) is 7.02. The first-order valence-electron chi connectivity index (χ1n) is 9.19. The molecular formula is C23H22Cl2N2O2. The number of amides is 1. The van der Waals surface area contributed by atoms with Crippen molar-refractivity contribution in [1.29, 1.82) is 0 Å². The van der Waals surface area contributed by atoms with Crippen molar-refractivity contribution >= 4 is 40.5 Å². The van der Waals surface area contributed by atoms with Crippen molar-refractivity contribution in [2.45, 2.75) is 20.4 Å². The molecule has 0 aliphatic carbocycles. The molecule has 0 aromatic heterocycles. The van der Waals surface area contributed by atoms with Crippen LogP contribution in [-0.4, -0.2) is 12.5 Å². The smallest absolute Gasteiger partial charge is 0.262 e. The van der Waals surface area contributed by atoms with E-state index in [0.717, 1.165) is 28.1 Å². The Hall–Kier alpha value is -2.69. The van der Waals surface area contributed by atoms with Crippen LogP contribution >= 0.6 is 23.2 Å². The molecule has 6 heteroatoms. The Morgan fingerprint density at radius 1 is 0.931 bits per heavy atom. The van der Waals surface area contributed by atoms with Crippen LogP contribution in [0.5, 0.6) is 5.75 Å². The number of carbonyl (C=O) groups is 1. The fourth-order valence-corrected chi connectivity index (χ4v) is 3.32. The largest absolute Gasteiger partial charge is 0.482 e. The van der Waals surface area contributed by atoms with Crippen LogP contribution in [0.2, 0.25) is 10.0 Å². The summed E-state index contributed by atoms with van der Waals surface area (Å²) in [7, 11) is 0. The quantitative estimate of drug-likeness (QED) is 0.468. The molecule has 3 aromatic rings. The summed E-state index contributed by atoms with van der Waals surface area (Å²) in [6, 6.07) is 18.9. The van der Waals surface area contributed by atoms with Crippen LogP contribution in [0.1, 0.15) is 16.7 Å². The predicted octanol–water partition coefficient (Wildman–Crippen LogP) is 6.24. The van der Waals surface area contributed by atoms with E-state index in [9.17, 15) is 4.79 Å². The van der Waals surface area contributed by atoms with Crippen molar-refractivity contribution in [3.8, 4) is 5.75 Å². The van der Waals surface area contributed by atoms with Crippen molar-refractivity contribution in [2.24, 2.45) is 0 Å². The third-order valence-corrected chi connectivity index (χ3v) is 4.99. The van der Waals surface area contributed by atoms with E-state index in [2.05, 4.69) is 10.6 Å². The monoisotopic (exact) mass is 428 g/mol. The van der Waals surface area contributed by atoms with Gasteiger partial charge in [0, 0.05) is 12.2 Å². The van der Waals surface area contributed by atoms with Crippen molar-refractivity contribution in [1.82, 2.24) is 0 Å². The maximum absolute atomic E-state index is 12.2. The summed E-state index contributed by atoms with van der Waals surface area (Å²) in [6.07, 6.45) is 0. The van der Waals surface area contributed by atoms with E-state index in [1.807, 2.05) is 68.4 Å². The number of anilines is 2. The highest BCUT2D eigenvalue weighted by Crippen LogP contribution is 2.27. The highest BCUT2D eigenvalue weighted by atomic mass is 35.5. The van der Waals surface area contributed by atoms with Gasteiger partial charge in [0.1, 0.15) is 5.75 Å². The molecule has 0 unspecified atom stereocenters.